The van der Waals surface area contributed by atoms with Gasteiger partial charge in [0.1, 0.15) is 6.67 Å². The van der Waals surface area contributed by atoms with E-state index >= 15 is 0 Å². The maximum absolute atomic E-state index is 2.80. The van der Waals surface area contributed by atoms with Crippen molar-refractivity contribution in [1.29, 1.82) is 0 Å². The molecule has 1 unspecified atom stereocenters. The normalized spacial score (nSPS) is 21.0. The molecule has 0 saturated carbocycles. The molecule has 1 aliphatic heterocycles. The zero-order chi connectivity index (χ0) is 14.5. The number of rotatable bonds is 8. The maximum Gasteiger partial charge on any atom is 0.134 e. The Morgan fingerprint density at radius 1 is 0.800 bits per heavy atom. The minimum atomic E-state index is 0. The summed E-state index contributed by atoms with van der Waals surface area (Å²) in [5.41, 5.74) is 0.985. The topological polar surface area (TPSA) is 7.68 Å². The van der Waals surface area contributed by atoms with E-state index in [0.29, 0.717) is 11.1 Å². The average molecular weight is 305 g/mol. The number of nitrogens with zero attached hydrogens (tertiary/aromatic N) is 1. The molecule has 0 aromatic rings. The highest BCUT2D eigenvalue weighted by Gasteiger charge is 2.44. The third-order valence-corrected chi connectivity index (χ3v) is 6.49. The zero-order valence-electron chi connectivity index (χ0n) is 14.7. The van der Waals surface area contributed by atoms with Gasteiger partial charge in [-0.1, -0.05) is 41.5 Å². The maximum atomic E-state index is 2.80. The van der Waals surface area contributed by atoms with Gasteiger partial charge in [0.15, 0.2) is 0 Å². The molecule has 0 radical (unpaired) electrons. The number of hydrogen-bond acceptors (Lipinski definition) is 1. The fourth-order valence-corrected chi connectivity index (χ4v) is 4.42. The first-order chi connectivity index (χ1) is 9.07. The van der Waals surface area contributed by atoms with Gasteiger partial charge in [0.05, 0.1) is 18.6 Å². The highest BCUT2D eigenvalue weighted by molar-refractivity contribution is 4.88. The van der Waals surface area contributed by atoms with Crippen LogP contribution in [0.2, 0.25) is 0 Å². The Hall–Kier alpha value is 0.210. The van der Waals surface area contributed by atoms with Gasteiger partial charge in [-0.25, -0.2) is 4.90 Å². The fourth-order valence-electron chi connectivity index (χ4n) is 4.42. The lowest BCUT2D eigenvalue weighted by Gasteiger charge is -2.41. The van der Waals surface area contributed by atoms with Gasteiger partial charge in [-0.3, -0.25) is 0 Å². The highest BCUT2D eigenvalue weighted by Crippen LogP contribution is 2.28. The third kappa shape index (κ3) is 3.51. The van der Waals surface area contributed by atoms with E-state index in [-0.39, 0.29) is 12.4 Å². The van der Waals surface area contributed by atoms with E-state index in [4.69, 9.17) is 0 Å². The van der Waals surface area contributed by atoms with Crippen molar-refractivity contribution in [2.75, 3.05) is 19.8 Å². The Morgan fingerprint density at radius 2 is 1.25 bits per heavy atom. The lowest BCUT2D eigenvalue weighted by Crippen LogP contribution is -3.19. The van der Waals surface area contributed by atoms with Gasteiger partial charge < -0.3 is 17.3 Å². The second kappa shape index (κ2) is 8.60. The van der Waals surface area contributed by atoms with Gasteiger partial charge in [0.2, 0.25) is 0 Å². The van der Waals surface area contributed by atoms with Crippen LogP contribution in [0.1, 0.15) is 80.1 Å². The summed E-state index contributed by atoms with van der Waals surface area (Å²) >= 11 is 0. The lowest BCUT2D eigenvalue weighted by atomic mass is 9.87. The van der Waals surface area contributed by atoms with E-state index in [2.05, 4.69) is 46.4 Å². The Kier molecular flexibility index (Phi) is 8.69. The van der Waals surface area contributed by atoms with Gasteiger partial charge in [0.25, 0.3) is 0 Å². The Morgan fingerprint density at radius 3 is 1.60 bits per heavy atom. The molecule has 1 aliphatic rings. The van der Waals surface area contributed by atoms with Crippen molar-refractivity contribution in [3.8, 4) is 0 Å². The molecule has 1 saturated heterocycles. The van der Waals surface area contributed by atoms with Crippen molar-refractivity contribution in [2.24, 2.45) is 0 Å². The van der Waals surface area contributed by atoms with Gasteiger partial charge in [-0.2, -0.15) is 0 Å². The first-order valence-electron chi connectivity index (χ1n) is 8.68. The first-order valence-corrected chi connectivity index (χ1v) is 8.68. The molecule has 20 heavy (non-hydrogen) atoms. The van der Waals surface area contributed by atoms with Gasteiger partial charge >= 0.3 is 0 Å². The van der Waals surface area contributed by atoms with E-state index in [1.807, 2.05) is 4.90 Å². The summed E-state index contributed by atoms with van der Waals surface area (Å²) in [5.74, 6) is 0. The number of nitrogens with one attached hydrogen (secondary N) is 1. The molecule has 0 amide bonds. The van der Waals surface area contributed by atoms with Crippen molar-refractivity contribution in [3.63, 3.8) is 0 Å². The number of hydrogen-bond donors (Lipinski definition) is 1. The molecule has 1 fully saturated rings. The number of quaternary nitrogens is 1. The number of halogens is 1. The van der Waals surface area contributed by atoms with E-state index in [9.17, 15) is 0 Å². The SMILES string of the molecule is CCC(CC)(CC)N1CC[NH+](C(CC)(CC)CC)C1.[Cl-]. The molecule has 0 bridgehead atoms. The van der Waals surface area contributed by atoms with Gasteiger partial charge in [-0.15, -0.1) is 0 Å². The minimum Gasteiger partial charge on any atom is -1.00 e. The van der Waals surface area contributed by atoms with Crippen LogP contribution in [0.15, 0.2) is 0 Å². The summed E-state index contributed by atoms with van der Waals surface area (Å²) in [5, 5.41) is 0. The molecular weight excluding hydrogens is 268 g/mol. The second-order valence-corrected chi connectivity index (χ2v) is 6.40. The summed E-state index contributed by atoms with van der Waals surface area (Å²) in [6, 6.07) is 0. The summed E-state index contributed by atoms with van der Waals surface area (Å²) in [4.78, 5) is 4.65. The van der Waals surface area contributed by atoms with E-state index < -0.39 is 0 Å². The largest absolute Gasteiger partial charge is 1.00 e. The van der Waals surface area contributed by atoms with Gasteiger partial charge in [-0.05, 0) is 38.5 Å². The first kappa shape index (κ1) is 20.2. The molecular formula is C17H37ClN2. The molecule has 3 heteroatoms. The monoisotopic (exact) mass is 304 g/mol. The van der Waals surface area contributed by atoms with Crippen LogP contribution in [0.4, 0.5) is 0 Å². The Bertz CT molecular complexity index is 217. The molecule has 1 atom stereocenters. The van der Waals surface area contributed by atoms with Crippen molar-refractivity contribution >= 4 is 0 Å². The van der Waals surface area contributed by atoms with Crippen LogP contribution in [0.5, 0.6) is 0 Å². The molecule has 2 nitrogen and oxygen atoms in total. The smallest absolute Gasteiger partial charge is 0.134 e. The molecule has 122 valence electrons. The van der Waals surface area contributed by atoms with Crippen LogP contribution in [0, 0.1) is 0 Å². The van der Waals surface area contributed by atoms with Crippen LogP contribution in [0.3, 0.4) is 0 Å². The van der Waals surface area contributed by atoms with Gasteiger partial charge in [0, 0.05) is 5.54 Å². The lowest BCUT2D eigenvalue weighted by molar-refractivity contribution is -0.947. The van der Waals surface area contributed by atoms with E-state index in [1.54, 1.807) is 0 Å². The predicted octanol–water partition coefficient (Wildman–Crippen LogP) is 0.0860. The standard InChI is InChI=1S/C17H36N2.ClH/c1-7-16(8-2,9-3)18-13-14-19(15-18)17(10-4,11-5)12-6;/h7-15H2,1-6H3;1H. The summed E-state index contributed by atoms with van der Waals surface area (Å²) in [6.07, 6.45) is 7.85. The van der Waals surface area contributed by atoms with Crippen LogP contribution < -0.4 is 17.3 Å². The average Bonchev–Trinajstić information content (AvgIpc) is 2.95. The fraction of sp³-hybridized carbons (Fsp3) is 1.00. The van der Waals surface area contributed by atoms with E-state index in [0.717, 1.165) is 0 Å². The van der Waals surface area contributed by atoms with Crippen LogP contribution >= 0.6 is 0 Å². The second-order valence-electron chi connectivity index (χ2n) is 6.40. The minimum absolute atomic E-state index is 0. The summed E-state index contributed by atoms with van der Waals surface area (Å²) in [7, 11) is 0. The van der Waals surface area contributed by atoms with Crippen molar-refractivity contribution < 1.29 is 17.3 Å². The Balaban J connectivity index is 0.00000361. The Labute approximate surface area is 133 Å². The summed E-state index contributed by atoms with van der Waals surface area (Å²) in [6.45, 7) is 18.2. The van der Waals surface area contributed by atoms with Crippen LogP contribution in [-0.2, 0) is 0 Å². The highest BCUT2D eigenvalue weighted by atomic mass is 35.5. The van der Waals surface area contributed by atoms with Crippen LogP contribution in [0.25, 0.3) is 0 Å². The quantitative estimate of drug-likeness (QED) is 0.668. The molecule has 0 aromatic heterocycles. The zero-order valence-corrected chi connectivity index (χ0v) is 15.4. The third-order valence-electron chi connectivity index (χ3n) is 6.49. The molecule has 0 aromatic carbocycles. The molecule has 0 spiro atoms. The van der Waals surface area contributed by atoms with Crippen LogP contribution in [-0.4, -0.2) is 35.7 Å². The van der Waals surface area contributed by atoms with Crippen molar-refractivity contribution in [2.45, 2.75) is 91.1 Å². The van der Waals surface area contributed by atoms with Crippen molar-refractivity contribution in [3.05, 3.63) is 0 Å². The predicted molar refractivity (Wildman–Crippen MR) is 84.6 cm³/mol. The van der Waals surface area contributed by atoms with E-state index in [1.165, 1.54) is 58.3 Å². The molecule has 0 aliphatic carbocycles. The molecule has 1 rings (SSSR count). The molecule has 1 heterocycles. The summed E-state index contributed by atoms with van der Waals surface area (Å²) < 4.78 is 0. The van der Waals surface area contributed by atoms with Crippen molar-refractivity contribution in [1.82, 2.24) is 4.90 Å². The molecule has 1 N–H and O–H groups in total.